The van der Waals surface area contributed by atoms with E-state index in [4.69, 9.17) is 19.3 Å². The van der Waals surface area contributed by atoms with Gasteiger partial charge in [-0.3, -0.25) is 9.59 Å². The van der Waals surface area contributed by atoms with E-state index < -0.39 is 11.2 Å². The van der Waals surface area contributed by atoms with E-state index in [2.05, 4.69) is 22.1 Å². The first-order valence-electron chi connectivity index (χ1n) is 7.87. The Bertz CT molecular complexity index is 765. The van der Waals surface area contributed by atoms with Crippen molar-refractivity contribution < 1.29 is 28.9 Å². The van der Waals surface area contributed by atoms with Gasteiger partial charge in [0.15, 0.2) is 16.7 Å². The zero-order valence-electron chi connectivity index (χ0n) is 14.6. The van der Waals surface area contributed by atoms with Crippen LogP contribution in [0.1, 0.15) is 12.0 Å². The summed E-state index contributed by atoms with van der Waals surface area (Å²) in [5, 5.41) is 18.6. The molecule has 1 saturated heterocycles. The maximum atomic E-state index is 11.6. The third kappa shape index (κ3) is 6.33. The monoisotopic (exact) mass is 393 g/mol. The molecule has 2 rings (SSSR count). The van der Waals surface area contributed by atoms with Gasteiger partial charge < -0.3 is 24.6 Å². The third-order valence-electron chi connectivity index (χ3n) is 3.26. The number of nitrogens with zero attached hydrogens (tertiary/aromatic N) is 2. The number of aliphatic carboxylic acids is 1. The quantitative estimate of drug-likeness (QED) is 0.268. The molecule has 1 fully saturated rings. The van der Waals surface area contributed by atoms with Gasteiger partial charge in [-0.25, -0.2) is 0 Å². The topological polar surface area (TPSA) is 119 Å². The van der Waals surface area contributed by atoms with E-state index in [0.717, 1.165) is 11.8 Å². The summed E-state index contributed by atoms with van der Waals surface area (Å²) in [6, 6.07) is 5.22. The van der Waals surface area contributed by atoms with Crippen LogP contribution in [-0.4, -0.2) is 53.9 Å². The molecule has 0 bridgehead atoms. The molecule has 0 spiro atoms. The second-order valence-corrected chi connectivity index (χ2v) is 6.33. The number of carboxylic acids is 1. The number of amides is 1. The van der Waals surface area contributed by atoms with E-state index in [1.54, 1.807) is 18.2 Å². The maximum absolute atomic E-state index is 11.6. The van der Waals surface area contributed by atoms with E-state index in [1.165, 1.54) is 19.6 Å². The van der Waals surface area contributed by atoms with Gasteiger partial charge >= 0.3 is 5.97 Å². The smallest absolute Gasteiger partial charge is 0.305 e. The molecule has 0 radical (unpaired) electrons. The highest BCUT2D eigenvalue weighted by molar-refractivity contribution is 8.15. The van der Waals surface area contributed by atoms with Gasteiger partial charge in [-0.15, -0.1) is 5.10 Å². The predicted molar refractivity (Wildman–Crippen MR) is 101 cm³/mol. The Morgan fingerprint density at radius 1 is 1.41 bits per heavy atom. The number of hydrogen-bond donors (Lipinski definition) is 2. The van der Waals surface area contributed by atoms with Crippen molar-refractivity contribution in [2.75, 3.05) is 20.3 Å². The summed E-state index contributed by atoms with van der Waals surface area (Å²) in [6.45, 7) is 4.17. The summed E-state index contributed by atoms with van der Waals surface area (Å²) in [5.41, 5.74) is 0.710. The van der Waals surface area contributed by atoms with E-state index >= 15 is 0 Å². The molecule has 1 aromatic rings. The molecule has 1 aromatic carbocycles. The molecule has 27 heavy (non-hydrogen) atoms. The average molecular weight is 393 g/mol. The van der Waals surface area contributed by atoms with Crippen molar-refractivity contribution in [3.63, 3.8) is 0 Å². The summed E-state index contributed by atoms with van der Waals surface area (Å²) >= 11 is 1.04. The average Bonchev–Trinajstić information content (AvgIpc) is 2.98. The molecule has 10 heteroatoms. The predicted octanol–water partition coefficient (Wildman–Crippen LogP) is 1.63. The number of benzene rings is 1. The minimum Gasteiger partial charge on any atom is -0.498 e. The molecule has 144 valence electrons. The zero-order valence-corrected chi connectivity index (χ0v) is 15.4. The van der Waals surface area contributed by atoms with Crippen molar-refractivity contribution in [3.05, 3.63) is 36.6 Å². The van der Waals surface area contributed by atoms with Gasteiger partial charge in [-0.1, -0.05) is 18.3 Å². The molecule has 1 unspecified atom stereocenters. The Labute approximate surface area is 160 Å². The van der Waals surface area contributed by atoms with Crippen LogP contribution in [0.2, 0.25) is 0 Å². The van der Waals surface area contributed by atoms with Crippen LogP contribution in [0.4, 0.5) is 0 Å². The second kappa shape index (κ2) is 10.2. The highest BCUT2D eigenvalue weighted by Crippen LogP contribution is 2.27. The fraction of sp³-hybridized carbons (Fsp3) is 0.294. The van der Waals surface area contributed by atoms with E-state index in [1.807, 2.05) is 0 Å². The summed E-state index contributed by atoms with van der Waals surface area (Å²) in [6.07, 6.45) is 2.56. The number of hydrogen-bond acceptors (Lipinski definition) is 8. The lowest BCUT2D eigenvalue weighted by atomic mass is 10.2. The van der Waals surface area contributed by atoms with Crippen LogP contribution < -0.4 is 14.8 Å². The van der Waals surface area contributed by atoms with E-state index in [0.29, 0.717) is 30.3 Å². The molecule has 1 atom stereocenters. The van der Waals surface area contributed by atoms with Crippen molar-refractivity contribution in [1.29, 1.82) is 0 Å². The Balaban J connectivity index is 1.97. The molecule has 1 aliphatic rings. The number of thioether (sulfide) groups is 1. The van der Waals surface area contributed by atoms with Crippen LogP contribution in [0, 0.1) is 0 Å². The summed E-state index contributed by atoms with van der Waals surface area (Å²) in [5.74, 6) is -0.350. The molecule has 0 aromatic heterocycles. The van der Waals surface area contributed by atoms with Crippen LogP contribution in [-0.2, 0) is 14.3 Å². The first-order valence-corrected chi connectivity index (χ1v) is 8.75. The number of rotatable bonds is 10. The fourth-order valence-electron chi connectivity index (χ4n) is 2.06. The SMILES string of the molecule is C=COCCOc1ccc(C=NN=C2NC(=O)C(CC(=O)O)S2)cc1OC. The molecule has 1 heterocycles. The summed E-state index contributed by atoms with van der Waals surface area (Å²) < 4.78 is 15.8. The Hall–Kier alpha value is -3.01. The molecular formula is C17H19N3O6S. The van der Waals surface area contributed by atoms with Gasteiger partial charge in [0.1, 0.15) is 18.5 Å². The fourth-order valence-corrected chi connectivity index (χ4v) is 2.98. The maximum Gasteiger partial charge on any atom is 0.305 e. The number of amidine groups is 1. The van der Waals surface area contributed by atoms with Crippen LogP contribution in [0.5, 0.6) is 11.5 Å². The molecule has 1 aliphatic heterocycles. The normalized spacial score (nSPS) is 17.7. The van der Waals surface area contributed by atoms with Crippen molar-refractivity contribution in [2.24, 2.45) is 10.2 Å². The van der Waals surface area contributed by atoms with Gasteiger partial charge in [-0.05, 0) is 23.8 Å². The van der Waals surface area contributed by atoms with Crippen LogP contribution in [0.3, 0.4) is 0 Å². The van der Waals surface area contributed by atoms with E-state index in [-0.39, 0.29) is 17.5 Å². The number of methoxy groups -OCH3 is 1. The van der Waals surface area contributed by atoms with Crippen LogP contribution in [0.15, 0.2) is 41.2 Å². The first kappa shape index (κ1) is 20.3. The van der Waals surface area contributed by atoms with Gasteiger partial charge in [-0.2, -0.15) is 5.10 Å². The minimum atomic E-state index is -1.04. The highest BCUT2D eigenvalue weighted by Gasteiger charge is 2.32. The molecule has 1 amide bonds. The Morgan fingerprint density at radius 3 is 2.93 bits per heavy atom. The number of nitrogens with one attached hydrogen (secondary N) is 1. The van der Waals surface area contributed by atoms with Gasteiger partial charge in [0.05, 0.1) is 26.0 Å². The lowest BCUT2D eigenvalue weighted by Crippen LogP contribution is -2.26. The van der Waals surface area contributed by atoms with Crippen molar-refractivity contribution >= 4 is 35.0 Å². The molecule has 0 saturated carbocycles. The molecular weight excluding hydrogens is 374 g/mol. The molecule has 2 N–H and O–H groups in total. The minimum absolute atomic E-state index is 0.261. The lowest BCUT2D eigenvalue weighted by molar-refractivity contribution is -0.138. The van der Waals surface area contributed by atoms with Crippen LogP contribution in [0.25, 0.3) is 0 Å². The van der Waals surface area contributed by atoms with E-state index in [9.17, 15) is 9.59 Å². The Morgan fingerprint density at radius 2 is 2.22 bits per heavy atom. The third-order valence-corrected chi connectivity index (χ3v) is 4.33. The van der Waals surface area contributed by atoms with Gasteiger partial charge in [0, 0.05) is 0 Å². The summed E-state index contributed by atoms with van der Waals surface area (Å²) in [7, 11) is 1.52. The number of carbonyl (C=O) groups is 2. The second-order valence-electron chi connectivity index (χ2n) is 5.14. The largest absolute Gasteiger partial charge is 0.498 e. The Kier molecular flexibility index (Phi) is 7.68. The summed E-state index contributed by atoms with van der Waals surface area (Å²) in [4.78, 5) is 22.3. The van der Waals surface area contributed by atoms with Crippen molar-refractivity contribution in [1.82, 2.24) is 5.32 Å². The van der Waals surface area contributed by atoms with Crippen molar-refractivity contribution in [3.8, 4) is 11.5 Å². The molecule has 0 aliphatic carbocycles. The highest BCUT2D eigenvalue weighted by atomic mass is 32.2. The van der Waals surface area contributed by atoms with Gasteiger partial charge in [0.25, 0.3) is 0 Å². The molecule has 9 nitrogen and oxygen atoms in total. The van der Waals surface area contributed by atoms with Gasteiger partial charge in [0.2, 0.25) is 5.91 Å². The number of carboxylic acid groups (broad SMARTS) is 1. The number of carbonyl (C=O) groups excluding carboxylic acids is 1. The first-order chi connectivity index (χ1) is 13.0. The number of ether oxygens (including phenoxy) is 3. The zero-order chi connectivity index (χ0) is 19.6. The van der Waals surface area contributed by atoms with Crippen LogP contribution >= 0.6 is 11.8 Å². The lowest BCUT2D eigenvalue weighted by Gasteiger charge is -2.10. The van der Waals surface area contributed by atoms with Crippen molar-refractivity contribution in [2.45, 2.75) is 11.7 Å². The standard InChI is InChI=1S/C17H19N3O6S/c1-3-25-6-7-26-12-5-4-11(8-13(12)24-2)10-18-20-17-19-16(23)14(27-17)9-15(21)22/h3-5,8,10,14H,1,6-7,9H2,2H3,(H,21,22)(H,19,20,23).